The fourth-order valence-electron chi connectivity index (χ4n) is 3.49. The Hall–Kier alpha value is -4.32. The lowest BCUT2D eigenvalue weighted by Gasteiger charge is -2.09. The molecular weight excluding hydrogens is 404 g/mol. The predicted molar refractivity (Wildman–Crippen MR) is 124 cm³/mol. The monoisotopic (exact) mass is 424 g/mol. The van der Waals surface area contributed by atoms with Crippen molar-refractivity contribution in [3.8, 4) is 23.0 Å². The van der Waals surface area contributed by atoms with Gasteiger partial charge in [0.05, 0.1) is 7.11 Å². The molecular formula is C26H20N2O4. The number of nitrogens with zero attached hydrogens (tertiary/aromatic N) is 1. The first-order valence-electron chi connectivity index (χ1n) is 10.1. The van der Waals surface area contributed by atoms with Gasteiger partial charge in [-0.15, -0.1) is 0 Å². The number of oxazole rings is 1. The van der Waals surface area contributed by atoms with E-state index in [0.29, 0.717) is 34.2 Å². The molecule has 0 radical (unpaired) electrons. The Morgan fingerprint density at radius 1 is 0.906 bits per heavy atom. The van der Waals surface area contributed by atoms with Crippen molar-refractivity contribution in [1.82, 2.24) is 4.98 Å². The number of rotatable bonds is 6. The number of aromatic nitrogens is 1. The van der Waals surface area contributed by atoms with Gasteiger partial charge in [0.15, 0.2) is 12.2 Å². The predicted octanol–water partition coefficient (Wildman–Crippen LogP) is 5.67. The number of hydrogen-bond donors (Lipinski definition) is 1. The van der Waals surface area contributed by atoms with Gasteiger partial charge in [0.25, 0.3) is 5.91 Å². The zero-order chi connectivity index (χ0) is 21.9. The van der Waals surface area contributed by atoms with Crippen LogP contribution in [0.1, 0.15) is 0 Å². The van der Waals surface area contributed by atoms with Crippen LogP contribution in [-0.2, 0) is 4.79 Å². The van der Waals surface area contributed by atoms with E-state index in [-0.39, 0.29) is 12.5 Å². The molecule has 32 heavy (non-hydrogen) atoms. The van der Waals surface area contributed by atoms with E-state index in [9.17, 15) is 4.79 Å². The SMILES string of the molecule is COc1ccc2oc(-c3cccc(NC(=O)COc4ccc5ccccc5c4)c3)nc2c1. The molecule has 6 nitrogen and oxygen atoms in total. The van der Waals surface area contributed by atoms with E-state index in [4.69, 9.17) is 13.9 Å². The summed E-state index contributed by atoms with van der Waals surface area (Å²) in [5.41, 5.74) is 2.76. The molecule has 0 aliphatic rings. The van der Waals surface area contributed by atoms with E-state index in [1.807, 2.05) is 84.9 Å². The summed E-state index contributed by atoms with van der Waals surface area (Å²) in [5.74, 6) is 1.58. The van der Waals surface area contributed by atoms with Gasteiger partial charge >= 0.3 is 0 Å². The van der Waals surface area contributed by atoms with Crippen molar-refractivity contribution in [2.45, 2.75) is 0 Å². The Balaban J connectivity index is 1.27. The van der Waals surface area contributed by atoms with Crippen LogP contribution in [0.15, 0.2) is 89.3 Å². The van der Waals surface area contributed by atoms with E-state index in [1.165, 1.54) is 0 Å². The largest absolute Gasteiger partial charge is 0.497 e. The highest BCUT2D eigenvalue weighted by Crippen LogP contribution is 2.28. The Morgan fingerprint density at radius 3 is 2.62 bits per heavy atom. The van der Waals surface area contributed by atoms with E-state index in [0.717, 1.165) is 16.3 Å². The van der Waals surface area contributed by atoms with Crippen molar-refractivity contribution in [2.75, 3.05) is 19.0 Å². The zero-order valence-electron chi connectivity index (χ0n) is 17.4. The molecule has 1 aromatic heterocycles. The van der Waals surface area contributed by atoms with Crippen LogP contribution in [0.4, 0.5) is 5.69 Å². The van der Waals surface area contributed by atoms with Crippen LogP contribution < -0.4 is 14.8 Å². The lowest BCUT2D eigenvalue weighted by molar-refractivity contribution is -0.118. The summed E-state index contributed by atoms with van der Waals surface area (Å²) in [6.07, 6.45) is 0. The summed E-state index contributed by atoms with van der Waals surface area (Å²) in [6.45, 7) is -0.0920. The fraction of sp³-hybridized carbons (Fsp3) is 0.0769. The number of benzene rings is 4. The van der Waals surface area contributed by atoms with Crippen LogP contribution in [-0.4, -0.2) is 24.6 Å². The first-order valence-corrected chi connectivity index (χ1v) is 10.1. The molecule has 0 unspecified atom stereocenters. The lowest BCUT2D eigenvalue weighted by atomic mass is 10.1. The number of amides is 1. The average Bonchev–Trinajstić information content (AvgIpc) is 3.26. The van der Waals surface area contributed by atoms with Gasteiger partial charge in [-0.05, 0) is 53.2 Å². The quantitative estimate of drug-likeness (QED) is 0.380. The van der Waals surface area contributed by atoms with Gasteiger partial charge in [-0.25, -0.2) is 4.98 Å². The van der Waals surface area contributed by atoms with Crippen LogP contribution in [0.5, 0.6) is 11.5 Å². The number of ether oxygens (including phenoxy) is 2. The number of methoxy groups -OCH3 is 1. The van der Waals surface area contributed by atoms with E-state index in [1.54, 1.807) is 7.11 Å². The summed E-state index contributed by atoms with van der Waals surface area (Å²) in [7, 11) is 1.61. The summed E-state index contributed by atoms with van der Waals surface area (Å²) in [6, 6.07) is 26.6. The van der Waals surface area contributed by atoms with Crippen molar-refractivity contribution in [3.05, 3.63) is 84.9 Å². The van der Waals surface area contributed by atoms with E-state index in [2.05, 4.69) is 10.3 Å². The first-order chi connectivity index (χ1) is 15.7. The Morgan fingerprint density at radius 2 is 1.75 bits per heavy atom. The minimum atomic E-state index is -0.252. The molecule has 0 saturated heterocycles. The normalized spacial score (nSPS) is 10.9. The first kappa shape index (κ1) is 19.6. The van der Waals surface area contributed by atoms with Gasteiger partial charge in [0.1, 0.15) is 17.0 Å². The second-order valence-electron chi connectivity index (χ2n) is 7.28. The second-order valence-corrected chi connectivity index (χ2v) is 7.28. The third kappa shape index (κ3) is 4.11. The average molecular weight is 424 g/mol. The van der Waals surface area contributed by atoms with E-state index >= 15 is 0 Å². The molecule has 6 heteroatoms. The molecule has 1 amide bonds. The Labute approximate surface area is 184 Å². The maximum atomic E-state index is 12.4. The van der Waals surface area contributed by atoms with Crippen molar-refractivity contribution >= 4 is 33.5 Å². The van der Waals surface area contributed by atoms with Crippen molar-refractivity contribution < 1.29 is 18.7 Å². The van der Waals surface area contributed by atoms with Crippen molar-refractivity contribution in [3.63, 3.8) is 0 Å². The number of carbonyl (C=O) groups excluding carboxylic acids is 1. The number of nitrogens with one attached hydrogen (secondary N) is 1. The number of anilines is 1. The third-order valence-corrected chi connectivity index (χ3v) is 5.08. The maximum Gasteiger partial charge on any atom is 0.262 e. The highest BCUT2D eigenvalue weighted by Gasteiger charge is 2.11. The smallest absolute Gasteiger partial charge is 0.262 e. The molecule has 1 N–H and O–H groups in total. The number of fused-ring (bicyclic) bond motifs is 2. The van der Waals surface area contributed by atoms with Crippen LogP contribution in [0.2, 0.25) is 0 Å². The molecule has 0 atom stereocenters. The van der Waals surface area contributed by atoms with Gasteiger partial charge in [0.2, 0.25) is 5.89 Å². The summed E-state index contributed by atoms with van der Waals surface area (Å²) < 4.78 is 16.8. The minimum absolute atomic E-state index is 0.0920. The zero-order valence-corrected chi connectivity index (χ0v) is 17.4. The van der Waals surface area contributed by atoms with E-state index < -0.39 is 0 Å². The molecule has 0 aliphatic carbocycles. The van der Waals surface area contributed by atoms with Gasteiger partial charge in [-0.1, -0.05) is 36.4 Å². The third-order valence-electron chi connectivity index (χ3n) is 5.08. The van der Waals surface area contributed by atoms with Crippen LogP contribution in [0, 0.1) is 0 Å². The highest BCUT2D eigenvalue weighted by molar-refractivity contribution is 5.92. The maximum absolute atomic E-state index is 12.4. The topological polar surface area (TPSA) is 73.6 Å². The standard InChI is InChI=1S/C26H20N2O4/c1-30-21-11-12-24-23(15-21)28-26(32-24)19-7-4-8-20(13-19)27-25(29)16-31-22-10-9-17-5-2-3-6-18(17)14-22/h2-15H,16H2,1H3,(H,27,29). The molecule has 0 saturated carbocycles. The summed E-state index contributed by atoms with van der Waals surface area (Å²) in [4.78, 5) is 16.9. The van der Waals surface area contributed by atoms with Crippen LogP contribution >= 0.6 is 0 Å². The highest BCUT2D eigenvalue weighted by atomic mass is 16.5. The molecule has 5 aromatic rings. The molecule has 0 spiro atoms. The summed E-state index contributed by atoms with van der Waals surface area (Å²) >= 11 is 0. The molecule has 0 aliphatic heterocycles. The molecule has 158 valence electrons. The molecule has 0 fully saturated rings. The molecule has 1 heterocycles. The minimum Gasteiger partial charge on any atom is -0.497 e. The van der Waals surface area contributed by atoms with Gasteiger partial charge in [0, 0.05) is 17.3 Å². The van der Waals surface area contributed by atoms with Gasteiger partial charge < -0.3 is 19.2 Å². The second kappa shape index (κ2) is 8.43. The fourth-order valence-corrected chi connectivity index (χ4v) is 3.49. The molecule has 5 rings (SSSR count). The molecule has 4 aromatic carbocycles. The number of carbonyl (C=O) groups is 1. The van der Waals surface area contributed by atoms with Crippen LogP contribution in [0.3, 0.4) is 0 Å². The van der Waals surface area contributed by atoms with Gasteiger partial charge in [-0.3, -0.25) is 4.79 Å². The number of hydrogen-bond acceptors (Lipinski definition) is 5. The molecule has 0 bridgehead atoms. The van der Waals surface area contributed by atoms with Gasteiger partial charge in [-0.2, -0.15) is 0 Å². The van der Waals surface area contributed by atoms with Crippen molar-refractivity contribution in [2.24, 2.45) is 0 Å². The van der Waals surface area contributed by atoms with Crippen LogP contribution in [0.25, 0.3) is 33.3 Å². The Kier molecular flexibility index (Phi) is 5.17. The lowest BCUT2D eigenvalue weighted by Crippen LogP contribution is -2.20. The summed E-state index contributed by atoms with van der Waals surface area (Å²) in [5, 5.41) is 5.05. The Bertz CT molecular complexity index is 1420. The van der Waals surface area contributed by atoms with Crippen molar-refractivity contribution in [1.29, 1.82) is 0 Å².